The fourth-order valence-corrected chi connectivity index (χ4v) is 4.66. The van der Waals surface area contributed by atoms with E-state index in [0.29, 0.717) is 16.7 Å². The lowest BCUT2D eigenvalue weighted by Gasteiger charge is -2.33. The normalized spacial score (nSPS) is 16.3. The Kier molecular flexibility index (Phi) is 6.46. The van der Waals surface area contributed by atoms with Crippen LogP contribution in [0, 0.1) is 0 Å². The number of hydrogen-bond acceptors (Lipinski definition) is 6. The number of phenols is 1. The molecule has 8 heteroatoms. The molecule has 1 atom stereocenters. The van der Waals surface area contributed by atoms with Gasteiger partial charge in [0.25, 0.3) is 0 Å². The van der Waals surface area contributed by atoms with Crippen molar-refractivity contribution in [2.45, 2.75) is 37.4 Å². The number of amides is 1. The Morgan fingerprint density at radius 3 is 2.74 bits per heavy atom. The average Bonchev–Trinajstić information content (AvgIpc) is 3.22. The van der Waals surface area contributed by atoms with Gasteiger partial charge in [0.2, 0.25) is 5.91 Å². The van der Waals surface area contributed by atoms with Gasteiger partial charge < -0.3 is 14.7 Å². The molecular weight excluding hydrogens is 412 g/mol. The molecule has 1 amide bonds. The van der Waals surface area contributed by atoms with E-state index < -0.39 is 0 Å². The molecule has 1 saturated heterocycles. The highest BCUT2D eigenvalue weighted by atomic mass is 32.2. The molecule has 0 unspecified atom stereocenters. The van der Waals surface area contributed by atoms with Gasteiger partial charge in [-0.2, -0.15) is 0 Å². The van der Waals surface area contributed by atoms with Gasteiger partial charge in [0.05, 0.1) is 18.6 Å². The van der Waals surface area contributed by atoms with Crippen molar-refractivity contribution in [1.29, 1.82) is 0 Å². The van der Waals surface area contributed by atoms with E-state index in [1.807, 2.05) is 33.7 Å². The first kappa shape index (κ1) is 21.2. The first-order valence-electron chi connectivity index (χ1n) is 10.4. The third-order valence-electron chi connectivity index (χ3n) is 5.52. The summed E-state index contributed by atoms with van der Waals surface area (Å²) < 4.78 is 7.31. The van der Waals surface area contributed by atoms with Gasteiger partial charge in [0.1, 0.15) is 11.5 Å². The lowest BCUT2D eigenvalue weighted by molar-refractivity contribution is -0.131. The zero-order chi connectivity index (χ0) is 21.8. The number of carbonyl (C=O) groups excluding carboxylic acids is 1. The quantitative estimate of drug-likeness (QED) is 0.583. The van der Waals surface area contributed by atoms with Gasteiger partial charge in [-0.3, -0.25) is 9.36 Å². The minimum absolute atomic E-state index is 0.128. The van der Waals surface area contributed by atoms with Crippen LogP contribution in [0.4, 0.5) is 0 Å². The molecule has 2 heterocycles. The van der Waals surface area contributed by atoms with E-state index in [1.54, 1.807) is 31.4 Å². The number of benzene rings is 2. The second-order valence-corrected chi connectivity index (χ2v) is 8.55. The highest BCUT2D eigenvalue weighted by Crippen LogP contribution is 2.30. The van der Waals surface area contributed by atoms with Crippen LogP contribution in [0.5, 0.6) is 11.5 Å². The number of phenolic OH excluding ortho intramolecular Hbond substituents is 1. The monoisotopic (exact) mass is 438 g/mol. The first-order chi connectivity index (χ1) is 15.1. The smallest absolute Gasteiger partial charge is 0.233 e. The number of piperidine rings is 1. The fourth-order valence-electron chi connectivity index (χ4n) is 3.82. The van der Waals surface area contributed by atoms with E-state index in [0.717, 1.165) is 36.4 Å². The predicted octanol–water partition coefficient (Wildman–Crippen LogP) is 4.14. The number of rotatable bonds is 6. The lowest BCUT2D eigenvalue weighted by Crippen LogP contribution is -2.42. The van der Waals surface area contributed by atoms with E-state index in [2.05, 4.69) is 17.1 Å². The van der Waals surface area contributed by atoms with Gasteiger partial charge in [-0.25, -0.2) is 0 Å². The van der Waals surface area contributed by atoms with Gasteiger partial charge in [-0.05, 0) is 62.6 Å². The van der Waals surface area contributed by atoms with E-state index in [4.69, 9.17) is 4.74 Å². The van der Waals surface area contributed by atoms with Crippen LogP contribution in [0.15, 0.2) is 53.7 Å². The van der Waals surface area contributed by atoms with E-state index >= 15 is 0 Å². The number of thioether (sulfide) groups is 1. The Labute approximate surface area is 186 Å². The topological polar surface area (TPSA) is 80.5 Å². The maximum atomic E-state index is 12.8. The van der Waals surface area contributed by atoms with Gasteiger partial charge in [0.15, 0.2) is 11.0 Å². The van der Waals surface area contributed by atoms with Crippen LogP contribution in [-0.4, -0.2) is 56.1 Å². The maximum Gasteiger partial charge on any atom is 0.233 e. The van der Waals surface area contributed by atoms with Crippen LogP contribution in [-0.2, 0) is 4.79 Å². The molecule has 0 aliphatic carbocycles. The number of hydrogen-bond donors (Lipinski definition) is 1. The molecule has 31 heavy (non-hydrogen) atoms. The van der Waals surface area contributed by atoms with Crippen LogP contribution < -0.4 is 4.74 Å². The number of aromatic hydroxyl groups is 1. The molecule has 1 aliphatic heterocycles. The van der Waals surface area contributed by atoms with Crippen LogP contribution >= 0.6 is 11.8 Å². The van der Waals surface area contributed by atoms with E-state index in [1.165, 1.54) is 18.2 Å². The molecule has 0 radical (unpaired) electrons. The van der Waals surface area contributed by atoms with Crippen molar-refractivity contribution < 1.29 is 14.6 Å². The molecule has 2 aromatic carbocycles. The molecule has 1 aromatic heterocycles. The number of ether oxygens (including phenoxy) is 1. The molecular formula is C23H26N4O3S. The zero-order valence-electron chi connectivity index (χ0n) is 17.7. The fraction of sp³-hybridized carbons (Fsp3) is 0.348. The maximum absolute atomic E-state index is 12.8. The summed E-state index contributed by atoms with van der Waals surface area (Å²) in [5, 5.41) is 19.1. The van der Waals surface area contributed by atoms with Crippen molar-refractivity contribution in [3.8, 4) is 28.6 Å². The van der Waals surface area contributed by atoms with Gasteiger partial charge in [-0.1, -0.05) is 17.8 Å². The van der Waals surface area contributed by atoms with Crippen molar-refractivity contribution in [3.63, 3.8) is 0 Å². The van der Waals surface area contributed by atoms with Crippen molar-refractivity contribution in [2.75, 3.05) is 19.4 Å². The molecule has 1 N–H and O–H groups in total. The van der Waals surface area contributed by atoms with E-state index in [-0.39, 0.29) is 17.7 Å². The van der Waals surface area contributed by atoms with Gasteiger partial charge >= 0.3 is 0 Å². The average molecular weight is 439 g/mol. The summed E-state index contributed by atoms with van der Waals surface area (Å²) >= 11 is 1.39. The summed E-state index contributed by atoms with van der Waals surface area (Å²) in [7, 11) is 1.63. The highest BCUT2D eigenvalue weighted by molar-refractivity contribution is 7.99. The summed E-state index contributed by atoms with van der Waals surface area (Å²) in [6.45, 7) is 2.94. The molecule has 0 spiro atoms. The minimum atomic E-state index is 0.128. The standard InChI is InChI=1S/C23H26N4O3S/c1-16-6-3-4-13-26(16)21(29)15-31-23-25-24-22(17-9-11-19(28)12-10-17)27(23)18-7-5-8-20(14-18)30-2/h5,7-12,14,16,28H,3-4,6,13,15H2,1-2H3/t16-/m0/s1. The Balaban J connectivity index is 1.65. The lowest BCUT2D eigenvalue weighted by atomic mass is 10.0. The van der Waals surface area contributed by atoms with Crippen LogP contribution in [0.25, 0.3) is 17.1 Å². The van der Waals surface area contributed by atoms with Gasteiger partial charge in [-0.15, -0.1) is 10.2 Å². The summed E-state index contributed by atoms with van der Waals surface area (Å²) in [5.41, 5.74) is 1.66. The second-order valence-electron chi connectivity index (χ2n) is 7.61. The number of likely N-dealkylation sites (tertiary alicyclic amines) is 1. The minimum Gasteiger partial charge on any atom is -0.508 e. The third kappa shape index (κ3) is 4.69. The Morgan fingerprint density at radius 2 is 2.00 bits per heavy atom. The zero-order valence-corrected chi connectivity index (χ0v) is 18.5. The summed E-state index contributed by atoms with van der Waals surface area (Å²) in [6.07, 6.45) is 3.30. The number of nitrogens with zero attached hydrogens (tertiary/aromatic N) is 4. The Bertz CT molecular complexity index is 1050. The van der Waals surface area contributed by atoms with Gasteiger partial charge in [0, 0.05) is 24.2 Å². The van der Waals surface area contributed by atoms with Crippen LogP contribution in [0.1, 0.15) is 26.2 Å². The molecule has 4 rings (SSSR count). The van der Waals surface area contributed by atoms with Crippen LogP contribution in [0.3, 0.4) is 0 Å². The Hall–Kier alpha value is -3.00. The number of carbonyl (C=O) groups is 1. The highest BCUT2D eigenvalue weighted by Gasteiger charge is 2.24. The molecule has 162 valence electrons. The molecule has 3 aromatic rings. The molecule has 0 saturated carbocycles. The SMILES string of the molecule is COc1cccc(-n2c(SCC(=O)N3CCCC[C@@H]3C)nnc2-c2ccc(O)cc2)c1. The predicted molar refractivity (Wildman–Crippen MR) is 121 cm³/mol. The van der Waals surface area contributed by atoms with Crippen molar-refractivity contribution in [3.05, 3.63) is 48.5 Å². The van der Waals surface area contributed by atoms with Crippen molar-refractivity contribution >= 4 is 17.7 Å². The number of aromatic nitrogens is 3. The molecule has 7 nitrogen and oxygen atoms in total. The molecule has 1 fully saturated rings. The van der Waals surface area contributed by atoms with Crippen LogP contribution in [0.2, 0.25) is 0 Å². The summed E-state index contributed by atoms with van der Waals surface area (Å²) in [5.74, 6) is 1.98. The van der Waals surface area contributed by atoms with Crippen molar-refractivity contribution in [2.24, 2.45) is 0 Å². The van der Waals surface area contributed by atoms with E-state index in [9.17, 15) is 9.90 Å². The second kappa shape index (κ2) is 9.43. The largest absolute Gasteiger partial charge is 0.508 e. The summed E-state index contributed by atoms with van der Waals surface area (Å²) in [6, 6.07) is 14.8. The summed E-state index contributed by atoms with van der Waals surface area (Å²) in [4.78, 5) is 14.8. The Morgan fingerprint density at radius 1 is 1.19 bits per heavy atom. The molecule has 0 bridgehead atoms. The third-order valence-corrected chi connectivity index (χ3v) is 6.43. The van der Waals surface area contributed by atoms with Crippen molar-refractivity contribution in [1.82, 2.24) is 19.7 Å². The first-order valence-corrected chi connectivity index (χ1v) is 11.4. The number of methoxy groups -OCH3 is 1. The molecule has 1 aliphatic rings.